The van der Waals surface area contributed by atoms with E-state index in [1.807, 2.05) is 17.0 Å². The number of aromatic nitrogens is 2. The second-order valence-electron chi connectivity index (χ2n) is 6.16. The largest absolute Gasteiger partial charge is 0.396 e. The summed E-state index contributed by atoms with van der Waals surface area (Å²) in [5, 5.41) is 13.1. The first-order chi connectivity index (χ1) is 11.1. The number of likely N-dealkylation sites (tertiary alicyclic amines) is 1. The van der Waals surface area contributed by atoms with E-state index in [2.05, 4.69) is 17.1 Å². The Hall–Kier alpha value is -2.21. The standard InChI is InChI=1S/C17H21N3O3/c1-11-3-4-13(10-21)9-20(11)17(22)15-7-5-14(6-8-15)16-18-12(2)19-23-16/h5-8,11,13,21H,3-4,9-10H2,1-2H3. The predicted molar refractivity (Wildman–Crippen MR) is 84.8 cm³/mol. The lowest BCUT2D eigenvalue weighted by molar-refractivity contribution is 0.0489. The van der Waals surface area contributed by atoms with Crippen molar-refractivity contribution in [2.75, 3.05) is 13.2 Å². The van der Waals surface area contributed by atoms with Gasteiger partial charge < -0.3 is 14.5 Å². The van der Waals surface area contributed by atoms with Crippen molar-refractivity contribution in [1.82, 2.24) is 15.0 Å². The number of rotatable bonds is 3. The second-order valence-corrected chi connectivity index (χ2v) is 6.16. The van der Waals surface area contributed by atoms with Gasteiger partial charge in [-0.15, -0.1) is 0 Å². The molecule has 1 aromatic carbocycles. The van der Waals surface area contributed by atoms with Gasteiger partial charge in [0.1, 0.15) is 0 Å². The molecule has 6 nitrogen and oxygen atoms in total. The van der Waals surface area contributed by atoms with Crippen LogP contribution in [0, 0.1) is 12.8 Å². The molecule has 1 aromatic heterocycles. The van der Waals surface area contributed by atoms with Crippen LogP contribution in [0.4, 0.5) is 0 Å². The number of nitrogens with zero attached hydrogens (tertiary/aromatic N) is 3. The van der Waals surface area contributed by atoms with Crippen LogP contribution in [0.3, 0.4) is 0 Å². The Morgan fingerprint density at radius 1 is 1.35 bits per heavy atom. The van der Waals surface area contributed by atoms with Gasteiger partial charge in [0.2, 0.25) is 0 Å². The van der Waals surface area contributed by atoms with Gasteiger partial charge in [-0.25, -0.2) is 0 Å². The molecule has 6 heteroatoms. The maximum Gasteiger partial charge on any atom is 0.257 e. The van der Waals surface area contributed by atoms with Crippen molar-refractivity contribution in [3.05, 3.63) is 35.7 Å². The molecule has 1 aliphatic rings. The van der Waals surface area contributed by atoms with Crippen LogP contribution in [-0.4, -0.2) is 45.2 Å². The molecule has 1 amide bonds. The minimum absolute atomic E-state index is 0.00362. The van der Waals surface area contributed by atoms with E-state index in [-0.39, 0.29) is 24.5 Å². The zero-order valence-corrected chi connectivity index (χ0v) is 13.4. The number of aryl methyl sites for hydroxylation is 1. The predicted octanol–water partition coefficient (Wildman–Crippen LogP) is 2.28. The van der Waals surface area contributed by atoms with Gasteiger partial charge in [-0.1, -0.05) is 5.16 Å². The first kappa shape index (κ1) is 15.7. The Morgan fingerprint density at radius 3 is 2.70 bits per heavy atom. The average Bonchev–Trinajstić information content (AvgIpc) is 3.01. The summed E-state index contributed by atoms with van der Waals surface area (Å²) in [7, 11) is 0. The first-order valence-corrected chi connectivity index (χ1v) is 7.91. The summed E-state index contributed by atoms with van der Waals surface area (Å²) >= 11 is 0. The van der Waals surface area contributed by atoms with Crippen molar-refractivity contribution in [1.29, 1.82) is 0 Å². The van der Waals surface area contributed by atoms with Gasteiger partial charge in [-0.2, -0.15) is 4.98 Å². The molecule has 0 bridgehead atoms. The number of hydrogen-bond acceptors (Lipinski definition) is 5. The van der Waals surface area contributed by atoms with Crippen LogP contribution in [0.15, 0.2) is 28.8 Å². The molecule has 0 radical (unpaired) electrons. The Labute approximate surface area is 135 Å². The molecule has 2 aromatic rings. The molecule has 2 unspecified atom stereocenters. The number of piperidine rings is 1. The van der Waals surface area contributed by atoms with Crippen molar-refractivity contribution >= 4 is 5.91 Å². The third-order valence-corrected chi connectivity index (χ3v) is 4.41. The molecule has 1 saturated heterocycles. The third kappa shape index (κ3) is 3.27. The number of benzene rings is 1. The summed E-state index contributed by atoms with van der Waals surface area (Å²) in [6.45, 7) is 4.56. The van der Waals surface area contributed by atoms with Crippen molar-refractivity contribution in [2.24, 2.45) is 5.92 Å². The minimum Gasteiger partial charge on any atom is -0.396 e. The van der Waals surface area contributed by atoms with Gasteiger partial charge in [0.25, 0.3) is 11.8 Å². The maximum atomic E-state index is 12.7. The van der Waals surface area contributed by atoms with E-state index in [0.717, 1.165) is 18.4 Å². The highest BCUT2D eigenvalue weighted by atomic mass is 16.5. The lowest BCUT2D eigenvalue weighted by Crippen LogP contribution is -2.46. The number of carbonyl (C=O) groups is 1. The molecule has 0 saturated carbocycles. The molecule has 1 fully saturated rings. The molecule has 0 aliphatic carbocycles. The third-order valence-electron chi connectivity index (χ3n) is 4.41. The van der Waals surface area contributed by atoms with E-state index in [0.29, 0.717) is 23.8 Å². The lowest BCUT2D eigenvalue weighted by Gasteiger charge is -2.37. The number of carbonyl (C=O) groups excluding carboxylic acids is 1. The highest BCUT2D eigenvalue weighted by molar-refractivity contribution is 5.94. The SMILES string of the molecule is Cc1noc(-c2ccc(C(=O)N3CC(CO)CCC3C)cc2)n1. The molecule has 3 rings (SSSR count). The molecule has 2 heterocycles. The molecular formula is C17H21N3O3. The average molecular weight is 315 g/mol. The number of aliphatic hydroxyl groups is 1. The van der Waals surface area contributed by atoms with E-state index in [9.17, 15) is 9.90 Å². The smallest absolute Gasteiger partial charge is 0.257 e. The quantitative estimate of drug-likeness (QED) is 0.940. The number of hydrogen-bond donors (Lipinski definition) is 1. The van der Waals surface area contributed by atoms with Crippen LogP contribution in [0.5, 0.6) is 0 Å². The highest BCUT2D eigenvalue weighted by Gasteiger charge is 2.29. The second kappa shape index (κ2) is 6.50. The Bertz CT molecular complexity index is 681. The van der Waals surface area contributed by atoms with Crippen molar-refractivity contribution < 1.29 is 14.4 Å². The normalized spacial score (nSPS) is 21.4. The summed E-state index contributed by atoms with van der Waals surface area (Å²) in [6.07, 6.45) is 1.90. The molecule has 2 atom stereocenters. The fourth-order valence-electron chi connectivity index (χ4n) is 2.95. The van der Waals surface area contributed by atoms with Crippen LogP contribution in [0.2, 0.25) is 0 Å². The Kier molecular flexibility index (Phi) is 4.43. The van der Waals surface area contributed by atoms with Crippen LogP contribution in [0.1, 0.15) is 35.9 Å². The van der Waals surface area contributed by atoms with Gasteiger partial charge in [-0.05, 0) is 56.9 Å². The van der Waals surface area contributed by atoms with E-state index in [1.54, 1.807) is 19.1 Å². The molecule has 122 valence electrons. The van der Waals surface area contributed by atoms with Gasteiger partial charge in [0.05, 0.1) is 0 Å². The van der Waals surface area contributed by atoms with E-state index < -0.39 is 0 Å². The summed E-state index contributed by atoms with van der Waals surface area (Å²) < 4.78 is 5.13. The molecular weight excluding hydrogens is 294 g/mol. The summed E-state index contributed by atoms with van der Waals surface area (Å²) in [5.41, 5.74) is 1.43. The molecule has 0 spiro atoms. The van der Waals surface area contributed by atoms with Crippen molar-refractivity contribution in [2.45, 2.75) is 32.7 Å². The van der Waals surface area contributed by atoms with Gasteiger partial charge in [0.15, 0.2) is 5.82 Å². The lowest BCUT2D eigenvalue weighted by atomic mass is 9.93. The van der Waals surface area contributed by atoms with E-state index in [1.165, 1.54) is 0 Å². The zero-order valence-electron chi connectivity index (χ0n) is 13.4. The molecule has 1 aliphatic heterocycles. The Balaban J connectivity index is 1.77. The van der Waals surface area contributed by atoms with Gasteiger partial charge in [-0.3, -0.25) is 4.79 Å². The number of amides is 1. The monoisotopic (exact) mass is 315 g/mol. The zero-order chi connectivity index (χ0) is 16.4. The van der Waals surface area contributed by atoms with Gasteiger partial charge in [0, 0.05) is 30.3 Å². The van der Waals surface area contributed by atoms with Crippen molar-refractivity contribution in [3.63, 3.8) is 0 Å². The minimum atomic E-state index is 0.00362. The van der Waals surface area contributed by atoms with Gasteiger partial charge >= 0.3 is 0 Å². The Morgan fingerprint density at radius 2 is 2.09 bits per heavy atom. The number of aliphatic hydroxyl groups excluding tert-OH is 1. The van der Waals surface area contributed by atoms with E-state index >= 15 is 0 Å². The topological polar surface area (TPSA) is 79.5 Å². The van der Waals surface area contributed by atoms with Crippen LogP contribution in [0.25, 0.3) is 11.5 Å². The first-order valence-electron chi connectivity index (χ1n) is 7.91. The van der Waals surface area contributed by atoms with Crippen molar-refractivity contribution in [3.8, 4) is 11.5 Å². The van der Waals surface area contributed by atoms with Crippen LogP contribution in [-0.2, 0) is 0 Å². The summed E-state index contributed by atoms with van der Waals surface area (Å²) in [5.74, 6) is 1.21. The molecule has 1 N–H and O–H groups in total. The molecule has 23 heavy (non-hydrogen) atoms. The fraction of sp³-hybridized carbons (Fsp3) is 0.471. The van der Waals surface area contributed by atoms with Crippen LogP contribution >= 0.6 is 0 Å². The maximum absolute atomic E-state index is 12.7. The van der Waals surface area contributed by atoms with E-state index in [4.69, 9.17) is 4.52 Å². The van der Waals surface area contributed by atoms with Crippen LogP contribution < -0.4 is 0 Å². The summed E-state index contributed by atoms with van der Waals surface area (Å²) in [6, 6.07) is 7.40. The fourth-order valence-corrected chi connectivity index (χ4v) is 2.95. The summed E-state index contributed by atoms with van der Waals surface area (Å²) in [4.78, 5) is 18.8. The highest BCUT2D eigenvalue weighted by Crippen LogP contribution is 2.24.